The van der Waals surface area contributed by atoms with Gasteiger partial charge in [0.2, 0.25) is 0 Å². The summed E-state index contributed by atoms with van der Waals surface area (Å²) < 4.78 is 31.2. The molecular weight excluding hydrogens is 560 g/mol. The Morgan fingerprint density at radius 1 is 1.08 bits per heavy atom. The van der Waals surface area contributed by atoms with Crippen LogP contribution in [0.15, 0.2) is 58.0 Å². The number of aromatic carboxylic acids is 1. The number of halogens is 1. The minimum atomic E-state index is -3.49. The van der Waals surface area contributed by atoms with Gasteiger partial charge >= 0.3 is 12.1 Å². The third kappa shape index (κ3) is 6.37. The topological polar surface area (TPSA) is 114 Å². The van der Waals surface area contributed by atoms with Gasteiger partial charge in [-0.15, -0.1) is 0 Å². The summed E-state index contributed by atoms with van der Waals surface area (Å²) >= 11 is 3.47. The molecule has 0 aliphatic rings. The molecule has 0 saturated carbocycles. The molecular formula is C27H29BrN2O6S. The summed E-state index contributed by atoms with van der Waals surface area (Å²) in [7, 11) is -3.49. The van der Waals surface area contributed by atoms with Crippen molar-refractivity contribution in [3.63, 3.8) is 0 Å². The Bertz CT molecular complexity index is 1480. The summed E-state index contributed by atoms with van der Waals surface area (Å²) in [6.45, 7) is 10.2. The maximum absolute atomic E-state index is 13.5. The van der Waals surface area contributed by atoms with Crippen molar-refractivity contribution in [3.8, 4) is 11.1 Å². The van der Waals surface area contributed by atoms with E-state index in [-0.39, 0.29) is 27.7 Å². The second kappa shape index (κ2) is 10.6. The van der Waals surface area contributed by atoms with Gasteiger partial charge in [-0.25, -0.2) is 27.9 Å². The highest BCUT2D eigenvalue weighted by Gasteiger charge is 2.30. The van der Waals surface area contributed by atoms with Crippen molar-refractivity contribution < 1.29 is 27.9 Å². The molecule has 196 valence electrons. The summed E-state index contributed by atoms with van der Waals surface area (Å²) in [6.07, 6.45) is 0.844. The predicted molar refractivity (Wildman–Crippen MR) is 146 cm³/mol. The van der Waals surface area contributed by atoms with Gasteiger partial charge in [-0.05, 0) is 103 Å². The van der Waals surface area contributed by atoms with Crippen LogP contribution in [-0.2, 0) is 14.6 Å². The van der Waals surface area contributed by atoms with Crippen LogP contribution >= 0.6 is 15.9 Å². The lowest BCUT2D eigenvalue weighted by molar-refractivity contribution is 0.0595. The number of aryl methyl sites for hydroxylation is 1. The largest absolute Gasteiger partial charge is 0.478 e. The number of rotatable bonds is 6. The highest BCUT2D eigenvalue weighted by molar-refractivity contribution is 9.10. The highest BCUT2D eigenvalue weighted by Crippen LogP contribution is 2.38. The Morgan fingerprint density at radius 3 is 2.32 bits per heavy atom. The molecule has 0 aliphatic carbocycles. The van der Waals surface area contributed by atoms with E-state index >= 15 is 0 Å². The van der Waals surface area contributed by atoms with E-state index < -0.39 is 27.5 Å². The first kappa shape index (κ1) is 28.3. The third-order valence-electron chi connectivity index (χ3n) is 5.50. The van der Waals surface area contributed by atoms with Gasteiger partial charge in [0, 0.05) is 6.20 Å². The molecule has 3 aromatic rings. The molecule has 0 unspecified atom stereocenters. The Morgan fingerprint density at radius 2 is 1.76 bits per heavy atom. The van der Waals surface area contributed by atoms with Crippen LogP contribution in [0.2, 0.25) is 0 Å². The number of sulfone groups is 1. The van der Waals surface area contributed by atoms with Gasteiger partial charge in [0.25, 0.3) is 0 Å². The summed E-state index contributed by atoms with van der Waals surface area (Å²) in [5.41, 5.74) is 1.43. The second-order valence-corrected chi connectivity index (χ2v) is 12.7. The Kier molecular flexibility index (Phi) is 8.14. The lowest BCUT2D eigenvalue weighted by Crippen LogP contribution is -2.35. The highest BCUT2D eigenvalue weighted by atomic mass is 79.9. The van der Waals surface area contributed by atoms with E-state index in [1.165, 1.54) is 23.1 Å². The SMILES string of the molecule is CCS(=O)(=O)c1cccc(-c2cc(C(=O)O)c(C)c(N(C(=O)OC(C)(C)C)c3ncc(C)cc3Br)c2)c1. The van der Waals surface area contributed by atoms with E-state index in [4.69, 9.17) is 4.74 Å². The van der Waals surface area contributed by atoms with Gasteiger partial charge in [-0.2, -0.15) is 0 Å². The van der Waals surface area contributed by atoms with Gasteiger partial charge in [0.05, 0.1) is 26.4 Å². The van der Waals surface area contributed by atoms with Gasteiger partial charge in [-0.3, -0.25) is 0 Å². The number of anilines is 2. The summed E-state index contributed by atoms with van der Waals surface area (Å²) in [5.74, 6) is -1.05. The van der Waals surface area contributed by atoms with Crippen molar-refractivity contribution in [2.45, 2.75) is 52.0 Å². The van der Waals surface area contributed by atoms with Crippen LogP contribution in [0.4, 0.5) is 16.3 Å². The standard InChI is InChI=1S/C27H29BrN2O6S/c1-7-37(34,35)20-10-8-9-18(12-20)19-13-21(25(31)32)17(3)23(14-19)30(26(33)36-27(4,5)6)24-22(28)11-16(2)15-29-24/h8-15H,7H2,1-6H3,(H,31,32). The molecule has 0 spiro atoms. The molecule has 1 aromatic heterocycles. The fraction of sp³-hybridized carbons (Fsp3) is 0.296. The van der Waals surface area contributed by atoms with E-state index in [0.29, 0.717) is 21.2 Å². The molecule has 1 heterocycles. The molecule has 0 aliphatic heterocycles. The van der Waals surface area contributed by atoms with Gasteiger partial charge in [0.1, 0.15) is 5.60 Å². The van der Waals surface area contributed by atoms with E-state index in [1.807, 2.05) is 6.92 Å². The number of carbonyl (C=O) groups excluding carboxylic acids is 1. The van der Waals surface area contributed by atoms with Gasteiger partial charge < -0.3 is 9.84 Å². The average molecular weight is 590 g/mol. The molecule has 0 fully saturated rings. The minimum absolute atomic E-state index is 0.0481. The molecule has 10 heteroatoms. The van der Waals surface area contributed by atoms with Crippen LogP contribution in [0.25, 0.3) is 11.1 Å². The number of hydrogen-bond acceptors (Lipinski definition) is 6. The first-order chi connectivity index (χ1) is 17.1. The molecule has 1 N–H and O–H groups in total. The Balaban J connectivity index is 2.34. The monoisotopic (exact) mass is 588 g/mol. The van der Waals surface area contributed by atoms with Crippen molar-refractivity contribution in [1.82, 2.24) is 4.98 Å². The lowest BCUT2D eigenvalue weighted by Gasteiger charge is -2.29. The molecule has 3 rings (SSSR count). The Labute approximate surface area is 225 Å². The number of aromatic nitrogens is 1. The summed E-state index contributed by atoms with van der Waals surface area (Å²) in [6, 6.07) is 11.2. The maximum atomic E-state index is 13.5. The van der Waals surface area contributed by atoms with Crippen molar-refractivity contribution in [1.29, 1.82) is 0 Å². The zero-order valence-electron chi connectivity index (χ0n) is 21.5. The van der Waals surface area contributed by atoms with Gasteiger partial charge in [0.15, 0.2) is 15.7 Å². The zero-order valence-corrected chi connectivity index (χ0v) is 23.9. The number of carboxylic acids is 1. The quantitative estimate of drug-likeness (QED) is 0.341. The zero-order chi connectivity index (χ0) is 27.7. The van der Waals surface area contributed by atoms with Crippen molar-refractivity contribution >= 4 is 49.3 Å². The number of ether oxygens (including phenoxy) is 1. The maximum Gasteiger partial charge on any atom is 0.420 e. The predicted octanol–water partition coefficient (Wildman–Crippen LogP) is 6.69. The molecule has 8 nitrogen and oxygen atoms in total. The molecule has 2 aromatic carbocycles. The minimum Gasteiger partial charge on any atom is -0.478 e. The Hall–Kier alpha value is -3.24. The average Bonchev–Trinajstić information content (AvgIpc) is 2.80. The molecule has 37 heavy (non-hydrogen) atoms. The van der Waals surface area contributed by atoms with Gasteiger partial charge in [-0.1, -0.05) is 19.1 Å². The molecule has 1 amide bonds. The number of benzene rings is 2. The number of carboxylic acid groups (broad SMARTS) is 1. The number of nitrogens with zero attached hydrogens (tertiary/aromatic N) is 2. The van der Waals surface area contributed by atoms with E-state index in [0.717, 1.165) is 5.56 Å². The van der Waals surface area contributed by atoms with Crippen molar-refractivity contribution in [2.75, 3.05) is 10.7 Å². The third-order valence-corrected chi connectivity index (χ3v) is 7.82. The normalized spacial score (nSPS) is 11.8. The molecule has 0 atom stereocenters. The van der Waals surface area contributed by atoms with Crippen LogP contribution in [0.3, 0.4) is 0 Å². The first-order valence-corrected chi connectivity index (χ1v) is 14.0. The van der Waals surface area contributed by atoms with Crippen LogP contribution in [-0.4, -0.2) is 41.9 Å². The van der Waals surface area contributed by atoms with Crippen molar-refractivity contribution in [3.05, 3.63) is 69.8 Å². The van der Waals surface area contributed by atoms with Crippen LogP contribution in [0, 0.1) is 13.8 Å². The summed E-state index contributed by atoms with van der Waals surface area (Å²) in [5, 5.41) is 10.00. The number of amides is 1. The van der Waals surface area contributed by atoms with Crippen LogP contribution in [0.1, 0.15) is 49.2 Å². The van der Waals surface area contributed by atoms with Crippen LogP contribution in [0.5, 0.6) is 0 Å². The van der Waals surface area contributed by atoms with E-state index in [2.05, 4.69) is 20.9 Å². The molecule has 0 saturated heterocycles. The lowest BCUT2D eigenvalue weighted by atomic mass is 9.97. The fourth-order valence-corrected chi connectivity index (χ4v) is 5.22. The molecule has 0 bridgehead atoms. The van der Waals surface area contributed by atoms with Crippen molar-refractivity contribution in [2.24, 2.45) is 0 Å². The molecule has 0 radical (unpaired) electrons. The first-order valence-electron chi connectivity index (χ1n) is 11.5. The summed E-state index contributed by atoms with van der Waals surface area (Å²) in [4.78, 5) is 31.5. The second-order valence-electron chi connectivity index (χ2n) is 9.54. The number of carbonyl (C=O) groups is 2. The van der Waals surface area contributed by atoms with E-state index in [9.17, 15) is 23.1 Å². The smallest absolute Gasteiger partial charge is 0.420 e. The fourth-order valence-electron chi connectivity index (χ4n) is 3.65. The van der Waals surface area contributed by atoms with Crippen LogP contribution < -0.4 is 4.90 Å². The number of pyridine rings is 1. The van der Waals surface area contributed by atoms with E-state index in [1.54, 1.807) is 65.1 Å². The number of hydrogen-bond donors (Lipinski definition) is 1.